The van der Waals surface area contributed by atoms with E-state index in [4.69, 9.17) is 4.74 Å². The van der Waals surface area contributed by atoms with E-state index in [1.807, 2.05) is 36.1 Å². The van der Waals surface area contributed by atoms with E-state index in [2.05, 4.69) is 4.98 Å². The van der Waals surface area contributed by atoms with Crippen molar-refractivity contribution < 1.29 is 28.1 Å². The van der Waals surface area contributed by atoms with Crippen LogP contribution in [0.1, 0.15) is 29.8 Å². The summed E-state index contributed by atoms with van der Waals surface area (Å²) in [6, 6.07) is 8.73. The standard InChI is InChI=1S/C26H30F3N3O3/c1-15-8-19-18-4-2-3-5-22(18)30-25(19)26(32(15)23(34)14-33)24-20(28)9-17(10-21(24)29)35-7-6-31-12-16(11-27)13-31/h2-5,9-10,15-16,23,26,30,33-34H,6-8,11-14H2,1H3/t15-,23?,26-/m1/s1. The summed E-state index contributed by atoms with van der Waals surface area (Å²) in [5.41, 5.74) is 2.18. The number of aliphatic hydroxyl groups excluding tert-OH is 2. The fourth-order valence-electron chi connectivity index (χ4n) is 5.49. The maximum Gasteiger partial charge on any atom is 0.135 e. The van der Waals surface area contributed by atoms with E-state index in [1.165, 1.54) is 0 Å². The summed E-state index contributed by atoms with van der Waals surface area (Å²) in [5.74, 6) is -1.45. The number of likely N-dealkylation sites (tertiary alicyclic amines) is 1. The maximum atomic E-state index is 15.5. The van der Waals surface area contributed by atoms with Crippen LogP contribution in [0.4, 0.5) is 13.2 Å². The molecule has 2 aromatic carbocycles. The molecule has 2 aliphatic heterocycles. The molecule has 3 N–H and O–H groups in total. The van der Waals surface area contributed by atoms with Crippen LogP contribution in [-0.2, 0) is 6.42 Å². The van der Waals surface area contributed by atoms with E-state index in [0.717, 1.165) is 28.6 Å². The van der Waals surface area contributed by atoms with E-state index in [1.54, 1.807) is 4.90 Å². The summed E-state index contributed by atoms with van der Waals surface area (Å²) in [7, 11) is 0. The first-order valence-corrected chi connectivity index (χ1v) is 12.0. The predicted molar refractivity (Wildman–Crippen MR) is 126 cm³/mol. The molecule has 0 bridgehead atoms. The van der Waals surface area contributed by atoms with Crippen LogP contribution in [0.3, 0.4) is 0 Å². The van der Waals surface area contributed by atoms with Crippen molar-refractivity contribution in [3.05, 3.63) is 64.9 Å². The maximum absolute atomic E-state index is 15.5. The Morgan fingerprint density at radius 2 is 1.89 bits per heavy atom. The number of para-hydroxylation sites is 1. The number of aromatic nitrogens is 1. The molecule has 0 radical (unpaired) electrons. The molecule has 35 heavy (non-hydrogen) atoms. The first-order chi connectivity index (χ1) is 16.9. The number of fused-ring (bicyclic) bond motifs is 3. The second kappa shape index (κ2) is 9.81. The minimum atomic E-state index is -1.30. The molecule has 0 aliphatic carbocycles. The highest BCUT2D eigenvalue weighted by atomic mass is 19.1. The van der Waals surface area contributed by atoms with E-state index >= 15 is 8.78 Å². The normalized spacial score (nSPS) is 22.2. The molecule has 0 saturated carbocycles. The van der Waals surface area contributed by atoms with Gasteiger partial charge in [0.05, 0.1) is 19.3 Å². The van der Waals surface area contributed by atoms with Gasteiger partial charge in [-0.15, -0.1) is 0 Å². The lowest BCUT2D eigenvalue weighted by Gasteiger charge is -2.43. The van der Waals surface area contributed by atoms with Gasteiger partial charge in [0.2, 0.25) is 0 Å². The molecule has 3 heterocycles. The Morgan fingerprint density at radius 1 is 1.17 bits per heavy atom. The first-order valence-electron chi connectivity index (χ1n) is 12.0. The van der Waals surface area contributed by atoms with Crippen LogP contribution in [0.25, 0.3) is 10.9 Å². The first kappa shape index (κ1) is 24.1. The van der Waals surface area contributed by atoms with Gasteiger partial charge in [0.25, 0.3) is 0 Å². The van der Waals surface area contributed by atoms with E-state index in [-0.39, 0.29) is 36.6 Å². The van der Waals surface area contributed by atoms with Gasteiger partial charge in [-0.05, 0) is 25.0 Å². The van der Waals surface area contributed by atoms with Gasteiger partial charge in [0.15, 0.2) is 0 Å². The van der Waals surface area contributed by atoms with Crippen molar-refractivity contribution in [3.63, 3.8) is 0 Å². The van der Waals surface area contributed by atoms with E-state index in [9.17, 15) is 14.6 Å². The third kappa shape index (κ3) is 4.42. The van der Waals surface area contributed by atoms with Crippen LogP contribution >= 0.6 is 0 Å². The Kier molecular flexibility index (Phi) is 6.76. The smallest absolute Gasteiger partial charge is 0.135 e. The van der Waals surface area contributed by atoms with Crippen LogP contribution in [0.5, 0.6) is 5.75 Å². The molecule has 3 aromatic rings. The van der Waals surface area contributed by atoms with Gasteiger partial charge < -0.3 is 19.9 Å². The van der Waals surface area contributed by atoms with Crippen molar-refractivity contribution in [2.75, 3.05) is 39.5 Å². The Morgan fingerprint density at radius 3 is 2.57 bits per heavy atom. The highest BCUT2D eigenvalue weighted by Crippen LogP contribution is 2.43. The summed E-state index contributed by atoms with van der Waals surface area (Å²) >= 11 is 0. The summed E-state index contributed by atoms with van der Waals surface area (Å²) in [6.07, 6.45) is -0.745. The number of benzene rings is 2. The molecule has 9 heteroatoms. The molecular formula is C26H30F3N3O3. The lowest BCUT2D eigenvalue weighted by molar-refractivity contribution is -0.0767. The number of hydrogen-bond acceptors (Lipinski definition) is 5. The zero-order chi connectivity index (χ0) is 24.7. The summed E-state index contributed by atoms with van der Waals surface area (Å²) in [5, 5.41) is 21.3. The molecule has 6 nitrogen and oxygen atoms in total. The summed E-state index contributed by atoms with van der Waals surface area (Å²) in [4.78, 5) is 6.87. The van der Waals surface area contributed by atoms with Gasteiger partial charge in [-0.3, -0.25) is 14.2 Å². The van der Waals surface area contributed by atoms with Crippen LogP contribution < -0.4 is 4.74 Å². The molecule has 0 amide bonds. The largest absolute Gasteiger partial charge is 0.492 e. The highest BCUT2D eigenvalue weighted by Gasteiger charge is 2.41. The van der Waals surface area contributed by atoms with Crippen molar-refractivity contribution in [1.29, 1.82) is 0 Å². The third-order valence-corrected chi connectivity index (χ3v) is 7.19. The number of hydrogen-bond donors (Lipinski definition) is 3. The minimum Gasteiger partial charge on any atom is -0.492 e. The average molecular weight is 490 g/mol. The molecule has 1 saturated heterocycles. The Balaban J connectivity index is 1.46. The zero-order valence-corrected chi connectivity index (χ0v) is 19.6. The molecule has 5 rings (SSSR count). The van der Waals surface area contributed by atoms with Gasteiger partial charge in [0, 0.05) is 65.9 Å². The topological polar surface area (TPSA) is 72.0 Å². The third-order valence-electron chi connectivity index (χ3n) is 7.19. The number of aromatic amines is 1. The second-order valence-corrected chi connectivity index (χ2v) is 9.56. The number of aliphatic hydroxyl groups is 2. The molecule has 1 aromatic heterocycles. The molecule has 1 unspecified atom stereocenters. The number of nitrogens with zero attached hydrogens (tertiary/aromatic N) is 2. The average Bonchev–Trinajstić information content (AvgIpc) is 3.18. The highest BCUT2D eigenvalue weighted by molar-refractivity contribution is 5.85. The summed E-state index contributed by atoms with van der Waals surface area (Å²) < 4.78 is 49.2. The quantitative estimate of drug-likeness (QED) is 0.453. The second-order valence-electron chi connectivity index (χ2n) is 9.56. The van der Waals surface area contributed by atoms with Gasteiger partial charge in [0.1, 0.15) is 30.2 Å². The van der Waals surface area contributed by atoms with Crippen LogP contribution in [-0.4, -0.2) is 76.8 Å². The number of alkyl halides is 1. The van der Waals surface area contributed by atoms with Crippen LogP contribution in [0.15, 0.2) is 36.4 Å². The number of ether oxygens (including phenoxy) is 1. The van der Waals surface area contributed by atoms with Crippen molar-refractivity contribution in [2.24, 2.45) is 5.92 Å². The predicted octanol–water partition coefficient (Wildman–Crippen LogP) is 3.37. The molecule has 0 spiro atoms. The Labute approximate surface area is 201 Å². The molecule has 3 atom stereocenters. The van der Waals surface area contributed by atoms with Gasteiger partial charge in [-0.2, -0.15) is 0 Å². The van der Waals surface area contributed by atoms with Gasteiger partial charge in [-0.1, -0.05) is 18.2 Å². The van der Waals surface area contributed by atoms with Crippen molar-refractivity contribution in [2.45, 2.75) is 31.7 Å². The van der Waals surface area contributed by atoms with Gasteiger partial charge in [-0.25, -0.2) is 8.78 Å². The number of nitrogens with one attached hydrogen (secondary N) is 1. The van der Waals surface area contributed by atoms with Crippen molar-refractivity contribution in [3.8, 4) is 5.75 Å². The monoisotopic (exact) mass is 489 g/mol. The summed E-state index contributed by atoms with van der Waals surface area (Å²) in [6.45, 7) is 3.08. The number of halogens is 3. The van der Waals surface area contributed by atoms with E-state index in [0.29, 0.717) is 31.7 Å². The fraction of sp³-hybridized carbons (Fsp3) is 0.462. The lowest BCUT2D eigenvalue weighted by Crippen LogP contribution is -2.50. The van der Waals surface area contributed by atoms with Crippen molar-refractivity contribution >= 4 is 10.9 Å². The Hall–Kier alpha value is -2.59. The molecule has 2 aliphatic rings. The Bertz CT molecular complexity index is 1170. The van der Waals surface area contributed by atoms with Crippen LogP contribution in [0.2, 0.25) is 0 Å². The number of H-pyrrole nitrogens is 1. The fourth-order valence-corrected chi connectivity index (χ4v) is 5.49. The zero-order valence-electron chi connectivity index (χ0n) is 19.6. The molecule has 1 fully saturated rings. The number of rotatable bonds is 8. The van der Waals surface area contributed by atoms with Crippen molar-refractivity contribution in [1.82, 2.24) is 14.8 Å². The SMILES string of the molecule is C[C@@H]1Cc2c([nH]c3ccccc23)[C@@H](c2c(F)cc(OCCN3CC(CF)C3)cc2F)N1C(O)CO. The van der Waals surface area contributed by atoms with E-state index < -0.39 is 30.5 Å². The van der Waals surface area contributed by atoms with Crippen LogP contribution in [0, 0.1) is 17.6 Å². The van der Waals surface area contributed by atoms with Gasteiger partial charge >= 0.3 is 0 Å². The lowest BCUT2D eigenvalue weighted by atomic mass is 9.88. The minimum absolute atomic E-state index is 0.0637. The molecule has 188 valence electrons. The molecular weight excluding hydrogens is 459 g/mol.